The lowest BCUT2D eigenvalue weighted by Crippen LogP contribution is -2.29. The molecule has 0 saturated carbocycles. The van der Waals surface area contributed by atoms with Crippen molar-refractivity contribution in [1.82, 2.24) is 5.32 Å². The highest BCUT2D eigenvalue weighted by Crippen LogP contribution is 2.23. The molecule has 0 spiro atoms. The maximum atomic E-state index is 5.34. The number of hydrogen-bond acceptors (Lipinski definition) is 3. The number of hydrogen-bond donors (Lipinski definition) is 2. The standard InChI is InChI=1S/C16H26N2O/c1-3-19-10-4-8-17-13(2)11-14-5-6-16-15(12-14)7-9-18-16/h5-6,12-13,17-18H,3-4,7-11H2,1-2H3. The highest BCUT2D eigenvalue weighted by molar-refractivity contribution is 5.56. The number of ether oxygens (including phenoxy) is 1. The van der Waals surface area contributed by atoms with Gasteiger partial charge in [0.05, 0.1) is 0 Å². The van der Waals surface area contributed by atoms with E-state index in [4.69, 9.17) is 4.74 Å². The summed E-state index contributed by atoms with van der Waals surface area (Å²) in [6.07, 6.45) is 3.35. The van der Waals surface area contributed by atoms with Crippen LogP contribution in [-0.2, 0) is 17.6 Å². The molecule has 0 fully saturated rings. The van der Waals surface area contributed by atoms with Crippen molar-refractivity contribution in [2.45, 2.75) is 39.2 Å². The van der Waals surface area contributed by atoms with Gasteiger partial charge in [0.25, 0.3) is 0 Å². The molecule has 0 amide bonds. The van der Waals surface area contributed by atoms with E-state index in [-0.39, 0.29) is 0 Å². The van der Waals surface area contributed by atoms with Crippen molar-refractivity contribution >= 4 is 5.69 Å². The van der Waals surface area contributed by atoms with Gasteiger partial charge in [-0.15, -0.1) is 0 Å². The summed E-state index contributed by atoms with van der Waals surface area (Å²) in [5.41, 5.74) is 4.23. The van der Waals surface area contributed by atoms with Gasteiger partial charge in [0.2, 0.25) is 0 Å². The van der Waals surface area contributed by atoms with E-state index in [9.17, 15) is 0 Å². The van der Waals surface area contributed by atoms with Crippen molar-refractivity contribution in [1.29, 1.82) is 0 Å². The summed E-state index contributed by atoms with van der Waals surface area (Å²) in [5, 5.41) is 6.97. The van der Waals surface area contributed by atoms with Gasteiger partial charge in [-0.2, -0.15) is 0 Å². The van der Waals surface area contributed by atoms with Crippen LogP contribution in [-0.4, -0.2) is 32.3 Å². The quantitative estimate of drug-likeness (QED) is 0.707. The second-order valence-electron chi connectivity index (χ2n) is 5.28. The van der Waals surface area contributed by atoms with Crippen molar-refractivity contribution in [2.24, 2.45) is 0 Å². The number of benzene rings is 1. The van der Waals surface area contributed by atoms with Crippen molar-refractivity contribution < 1.29 is 4.74 Å². The summed E-state index contributed by atoms with van der Waals surface area (Å²) in [6, 6.07) is 7.34. The Balaban J connectivity index is 1.71. The Bertz CT molecular complexity index is 392. The lowest BCUT2D eigenvalue weighted by molar-refractivity contribution is 0.144. The number of anilines is 1. The Morgan fingerprint density at radius 3 is 3.16 bits per heavy atom. The van der Waals surface area contributed by atoms with Crippen LogP contribution in [0.15, 0.2) is 18.2 Å². The second kappa shape index (κ2) is 7.51. The van der Waals surface area contributed by atoms with E-state index in [0.29, 0.717) is 6.04 Å². The zero-order valence-corrected chi connectivity index (χ0v) is 12.2. The lowest BCUT2D eigenvalue weighted by Gasteiger charge is -2.14. The Labute approximate surface area is 116 Å². The topological polar surface area (TPSA) is 33.3 Å². The van der Waals surface area contributed by atoms with E-state index in [1.165, 1.54) is 23.2 Å². The first-order chi connectivity index (χ1) is 9.29. The van der Waals surface area contributed by atoms with E-state index in [0.717, 1.165) is 39.1 Å². The van der Waals surface area contributed by atoms with Crippen LogP contribution >= 0.6 is 0 Å². The van der Waals surface area contributed by atoms with Crippen LogP contribution in [0, 0.1) is 0 Å². The number of nitrogens with one attached hydrogen (secondary N) is 2. The van der Waals surface area contributed by atoms with Gasteiger partial charge in [-0.25, -0.2) is 0 Å². The molecule has 2 rings (SSSR count). The van der Waals surface area contributed by atoms with Crippen LogP contribution in [0.3, 0.4) is 0 Å². The number of rotatable bonds is 8. The molecule has 0 saturated heterocycles. The van der Waals surface area contributed by atoms with E-state index in [2.05, 4.69) is 35.8 Å². The third kappa shape index (κ3) is 4.51. The van der Waals surface area contributed by atoms with Gasteiger partial charge in [0, 0.05) is 31.5 Å². The van der Waals surface area contributed by atoms with Crippen molar-refractivity contribution in [3.63, 3.8) is 0 Å². The molecular weight excluding hydrogens is 236 g/mol. The predicted octanol–water partition coefficient (Wildman–Crippen LogP) is 2.60. The van der Waals surface area contributed by atoms with Crippen molar-refractivity contribution in [3.05, 3.63) is 29.3 Å². The zero-order valence-electron chi connectivity index (χ0n) is 12.2. The van der Waals surface area contributed by atoms with Gasteiger partial charge in [0.1, 0.15) is 0 Å². The predicted molar refractivity (Wildman–Crippen MR) is 80.9 cm³/mol. The molecular formula is C16H26N2O. The van der Waals surface area contributed by atoms with Crippen LogP contribution in [0.5, 0.6) is 0 Å². The molecule has 0 radical (unpaired) electrons. The molecule has 0 aromatic heterocycles. The van der Waals surface area contributed by atoms with Crippen LogP contribution in [0.4, 0.5) is 5.69 Å². The second-order valence-corrected chi connectivity index (χ2v) is 5.28. The molecule has 1 aliphatic rings. The third-order valence-electron chi connectivity index (χ3n) is 3.58. The van der Waals surface area contributed by atoms with E-state index < -0.39 is 0 Å². The van der Waals surface area contributed by atoms with E-state index in [1.54, 1.807) is 0 Å². The third-order valence-corrected chi connectivity index (χ3v) is 3.58. The smallest absolute Gasteiger partial charge is 0.0477 e. The minimum absolute atomic E-state index is 0.522. The highest BCUT2D eigenvalue weighted by Gasteiger charge is 2.11. The molecule has 1 atom stereocenters. The van der Waals surface area contributed by atoms with Gasteiger partial charge in [-0.3, -0.25) is 0 Å². The average molecular weight is 262 g/mol. The largest absolute Gasteiger partial charge is 0.384 e. The minimum Gasteiger partial charge on any atom is -0.384 e. The van der Waals surface area contributed by atoms with E-state index in [1.807, 2.05) is 6.92 Å². The average Bonchev–Trinajstić information content (AvgIpc) is 2.86. The van der Waals surface area contributed by atoms with Gasteiger partial charge >= 0.3 is 0 Å². The van der Waals surface area contributed by atoms with Crippen LogP contribution in [0.25, 0.3) is 0 Å². The van der Waals surface area contributed by atoms with Gasteiger partial charge in [0.15, 0.2) is 0 Å². The summed E-state index contributed by atoms with van der Waals surface area (Å²) in [4.78, 5) is 0. The minimum atomic E-state index is 0.522. The molecule has 2 N–H and O–H groups in total. The molecule has 1 unspecified atom stereocenters. The fourth-order valence-corrected chi connectivity index (χ4v) is 2.58. The summed E-state index contributed by atoms with van der Waals surface area (Å²) in [5.74, 6) is 0. The molecule has 1 aromatic rings. The Hall–Kier alpha value is -1.06. The normalized spacial score (nSPS) is 15.1. The SMILES string of the molecule is CCOCCCNC(C)Cc1ccc2c(c1)CCN2. The first-order valence-corrected chi connectivity index (χ1v) is 7.46. The molecule has 3 heteroatoms. The molecule has 3 nitrogen and oxygen atoms in total. The number of fused-ring (bicyclic) bond motifs is 1. The molecule has 0 aliphatic carbocycles. The van der Waals surface area contributed by atoms with Crippen LogP contribution < -0.4 is 10.6 Å². The van der Waals surface area contributed by atoms with Gasteiger partial charge in [-0.05, 0) is 56.8 Å². The van der Waals surface area contributed by atoms with Crippen LogP contribution in [0.2, 0.25) is 0 Å². The van der Waals surface area contributed by atoms with Gasteiger partial charge < -0.3 is 15.4 Å². The summed E-state index contributed by atoms with van der Waals surface area (Å²) >= 11 is 0. The summed E-state index contributed by atoms with van der Waals surface area (Å²) in [6.45, 7) is 8.10. The van der Waals surface area contributed by atoms with Gasteiger partial charge in [-0.1, -0.05) is 12.1 Å². The molecule has 1 aromatic carbocycles. The fraction of sp³-hybridized carbons (Fsp3) is 0.625. The first kappa shape index (κ1) is 14.4. The molecule has 106 valence electrons. The molecule has 1 heterocycles. The lowest BCUT2D eigenvalue weighted by atomic mass is 10.0. The Morgan fingerprint density at radius 1 is 1.42 bits per heavy atom. The Kier molecular flexibility index (Phi) is 5.67. The van der Waals surface area contributed by atoms with Crippen molar-refractivity contribution in [3.8, 4) is 0 Å². The monoisotopic (exact) mass is 262 g/mol. The molecule has 0 bridgehead atoms. The van der Waals surface area contributed by atoms with Crippen molar-refractivity contribution in [2.75, 3.05) is 31.6 Å². The summed E-state index contributed by atoms with van der Waals surface area (Å²) < 4.78 is 5.34. The molecule has 1 aliphatic heterocycles. The van der Waals surface area contributed by atoms with Crippen LogP contribution in [0.1, 0.15) is 31.4 Å². The maximum absolute atomic E-state index is 5.34. The summed E-state index contributed by atoms with van der Waals surface area (Å²) in [7, 11) is 0. The molecule has 19 heavy (non-hydrogen) atoms. The first-order valence-electron chi connectivity index (χ1n) is 7.46. The van der Waals surface area contributed by atoms with E-state index >= 15 is 0 Å². The highest BCUT2D eigenvalue weighted by atomic mass is 16.5. The fourth-order valence-electron chi connectivity index (χ4n) is 2.58. The zero-order chi connectivity index (χ0) is 13.5. The Morgan fingerprint density at radius 2 is 2.32 bits per heavy atom. The maximum Gasteiger partial charge on any atom is 0.0477 e.